The molecule has 0 fully saturated rings. The molecule has 270 valence electrons. The molecule has 0 unspecified atom stereocenters. The van der Waals surface area contributed by atoms with Gasteiger partial charge in [-0.1, -0.05) is 164 Å². The van der Waals surface area contributed by atoms with Gasteiger partial charge in [0.25, 0.3) is 0 Å². The Morgan fingerprint density at radius 1 is 0.362 bits per heavy atom. The van der Waals surface area contributed by atoms with Gasteiger partial charge in [-0.05, 0) is 46.8 Å². The maximum absolute atomic E-state index is 6.76. The summed E-state index contributed by atoms with van der Waals surface area (Å²) in [5.41, 5.74) is 10.1. The molecule has 5 heteroatoms. The van der Waals surface area contributed by atoms with Gasteiger partial charge in [0.2, 0.25) is 0 Å². The number of hydrogen-bond donors (Lipinski definition) is 0. The Balaban J connectivity index is 1.25. The molecule has 3 aromatic heterocycles. The highest BCUT2D eigenvalue weighted by Crippen LogP contribution is 2.46. The number of nitrogens with zero attached hydrogens (tertiary/aromatic N) is 4. The Morgan fingerprint density at radius 2 is 0.897 bits per heavy atom. The fourth-order valence-corrected chi connectivity index (χ4v) is 8.86. The molecule has 0 spiro atoms. The van der Waals surface area contributed by atoms with E-state index in [1.165, 1.54) is 32.7 Å². The highest BCUT2D eigenvalue weighted by molar-refractivity contribution is 6.25. The third-order valence-corrected chi connectivity index (χ3v) is 11.4. The predicted molar refractivity (Wildman–Crippen MR) is 238 cm³/mol. The molecule has 5 nitrogen and oxygen atoms in total. The molecule has 0 aliphatic heterocycles. The molecular weight excluding hydrogens is 709 g/mol. The summed E-state index contributed by atoms with van der Waals surface area (Å²) in [5, 5.41) is 8.79. The van der Waals surface area contributed by atoms with Gasteiger partial charge in [0.15, 0.2) is 17.5 Å². The molecule has 0 bridgehead atoms. The molecule has 0 atom stereocenters. The first-order chi connectivity index (χ1) is 28.8. The summed E-state index contributed by atoms with van der Waals surface area (Å²) in [5.74, 6) is 1.82. The molecule has 58 heavy (non-hydrogen) atoms. The maximum Gasteiger partial charge on any atom is 0.164 e. The fraction of sp³-hybridized carbons (Fsp3) is 0. The standard InChI is InChI=1S/C53H32N4O/c1-4-17-33(18-5-1)41-31-42-37-24-12-14-28-45(37)57(49(42)39-26-11-10-23-36(39)41)46-29-16-27-40-48(46)44(32-43-38-25-13-15-30-47(38)58-50(40)43)53-55-51(34-19-6-2-7-20-34)54-52(56-53)35-21-8-3-9-22-35/h1-32H. The summed E-state index contributed by atoms with van der Waals surface area (Å²) in [7, 11) is 0. The molecule has 0 amide bonds. The van der Waals surface area contributed by atoms with Gasteiger partial charge >= 0.3 is 0 Å². The zero-order chi connectivity index (χ0) is 38.2. The number of hydrogen-bond acceptors (Lipinski definition) is 4. The largest absolute Gasteiger partial charge is 0.455 e. The number of fused-ring (bicyclic) bond motifs is 10. The molecule has 0 aliphatic rings. The Labute approximate surface area is 333 Å². The van der Waals surface area contributed by atoms with Crippen LogP contribution in [-0.2, 0) is 0 Å². The third-order valence-electron chi connectivity index (χ3n) is 11.4. The van der Waals surface area contributed by atoms with Gasteiger partial charge in [-0.25, -0.2) is 15.0 Å². The lowest BCUT2D eigenvalue weighted by Crippen LogP contribution is -2.02. The van der Waals surface area contributed by atoms with Crippen molar-refractivity contribution < 1.29 is 4.42 Å². The van der Waals surface area contributed by atoms with E-state index in [0.717, 1.165) is 66.1 Å². The second-order valence-electron chi connectivity index (χ2n) is 14.7. The molecule has 3 heterocycles. The van der Waals surface area contributed by atoms with E-state index in [0.29, 0.717) is 17.5 Å². The topological polar surface area (TPSA) is 56.7 Å². The van der Waals surface area contributed by atoms with Crippen molar-refractivity contribution in [3.8, 4) is 51.0 Å². The van der Waals surface area contributed by atoms with Crippen molar-refractivity contribution in [3.63, 3.8) is 0 Å². The number of aromatic nitrogens is 4. The Bertz CT molecular complexity index is 3500. The molecule has 12 rings (SSSR count). The summed E-state index contributed by atoms with van der Waals surface area (Å²) in [6.07, 6.45) is 0. The normalized spacial score (nSPS) is 11.8. The van der Waals surface area contributed by atoms with Crippen LogP contribution in [0, 0.1) is 0 Å². The fourth-order valence-electron chi connectivity index (χ4n) is 8.86. The Morgan fingerprint density at radius 3 is 1.60 bits per heavy atom. The van der Waals surface area contributed by atoms with Crippen LogP contribution >= 0.6 is 0 Å². The van der Waals surface area contributed by atoms with Crippen molar-refractivity contribution in [1.29, 1.82) is 0 Å². The quantitative estimate of drug-likeness (QED) is 0.176. The number of para-hydroxylation sites is 2. The van der Waals surface area contributed by atoms with Crippen molar-refractivity contribution in [1.82, 2.24) is 19.5 Å². The number of rotatable bonds is 5. The third kappa shape index (κ3) is 4.93. The Kier molecular flexibility index (Phi) is 7.16. The smallest absolute Gasteiger partial charge is 0.164 e. The summed E-state index contributed by atoms with van der Waals surface area (Å²) in [6, 6.07) is 67.9. The zero-order valence-electron chi connectivity index (χ0n) is 31.2. The van der Waals surface area contributed by atoms with Gasteiger partial charge in [0.1, 0.15) is 11.2 Å². The van der Waals surface area contributed by atoms with Crippen LogP contribution in [0.25, 0.3) is 116 Å². The summed E-state index contributed by atoms with van der Waals surface area (Å²) < 4.78 is 9.21. The first-order valence-electron chi connectivity index (χ1n) is 19.5. The first-order valence-corrected chi connectivity index (χ1v) is 19.5. The molecule has 0 saturated carbocycles. The van der Waals surface area contributed by atoms with Gasteiger partial charge in [0.05, 0.1) is 16.7 Å². The molecule has 12 aromatic rings. The lowest BCUT2D eigenvalue weighted by molar-refractivity contribution is 0.672. The van der Waals surface area contributed by atoms with Crippen molar-refractivity contribution >= 4 is 65.3 Å². The van der Waals surface area contributed by atoms with Crippen LogP contribution in [0.4, 0.5) is 0 Å². The monoisotopic (exact) mass is 740 g/mol. The maximum atomic E-state index is 6.76. The van der Waals surface area contributed by atoms with Crippen LogP contribution in [0.1, 0.15) is 0 Å². The molecule has 0 aliphatic carbocycles. The predicted octanol–water partition coefficient (Wildman–Crippen LogP) is 13.8. The number of furan rings is 1. The van der Waals surface area contributed by atoms with E-state index in [1.54, 1.807) is 0 Å². The highest BCUT2D eigenvalue weighted by atomic mass is 16.3. The van der Waals surface area contributed by atoms with E-state index in [9.17, 15) is 0 Å². The lowest BCUT2D eigenvalue weighted by Gasteiger charge is -2.17. The summed E-state index contributed by atoms with van der Waals surface area (Å²) in [6.45, 7) is 0. The summed E-state index contributed by atoms with van der Waals surface area (Å²) >= 11 is 0. The van der Waals surface area contributed by atoms with Crippen molar-refractivity contribution in [2.24, 2.45) is 0 Å². The van der Waals surface area contributed by atoms with E-state index >= 15 is 0 Å². The van der Waals surface area contributed by atoms with Crippen molar-refractivity contribution in [2.75, 3.05) is 0 Å². The van der Waals surface area contributed by atoms with Gasteiger partial charge in [-0.3, -0.25) is 0 Å². The van der Waals surface area contributed by atoms with Gasteiger partial charge < -0.3 is 8.98 Å². The average Bonchev–Trinajstić information content (AvgIpc) is 3.85. The van der Waals surface area contributed by atoms with Crippen LogP contribution in [0.3, 0.4) is 0 Å². The van der Waals surface area contributed by atoms with Crippen molar-refractivity contribution in [2.45, 2.75) is 0 Å². The molecule has 0 radical (unpaired) electrons. The number of benzene rings is 9. The average molecular weight is 741 g/mol. The minimum absolute atomic E-state index is 0.592. The zero-order valence-corrected chi connectivity index (χ0v) is 31.2. The van der Waals surface area contributed by atoms with Gasteiger partial charge in [-0.15, -0.1) is 0 Å². The van der Waals surface area contributed by atoms with Gasteiger partial charge in [0, 0.05) is 54.4 Å². The lowest BCUT2D eigenvalue weighted by atomic mass is 9.95. The minimum Gasteiger partial charge on any atom is -0.455 e. The summed E-state index contributed by atoms with van der Waals surface area (Å²) in [4.78, 5) is 15.7. The minimum atomic E-state index is 0.592. The second kappa shape index (κ2) is 12.8. The van der Waals surface area contributed by atoms with Crippen LogP contribution in [0.2, 0.25) is 0 Å². The molecular formula is C53H32N4O. The molecule has 9 aromatic carbocycles. The van der Waals surface area contributed by atoms with Crippen LogP contribution < -0.4 is 0 Å². The van der Waals surface area contributed by atoms with Crippen LogP contribution in [0.15, 0.2) is 199 Å². The van der Waals surface area contributed by atoms with E-state index < -0.39 is 0 Å². The molecule has 0 N–H and O–H groups in total. The molecule has 0 saturated heterocycles. The Hall–Kier alpha value is -7.89. The first kappa shape index (κ1) is 32.4. The van der Waals surface area contributed by atoms with E-state index in [1.807, 2.05) is 48.5 Å². The van der Waals surface area contributed by atoms with E-state index in [4.69, 9.17) is 19.4 Å². The van der Waals surface area contributed by atoms with Gasteiger partial charge in [-0.2, -0.15) is 0 Å². The highest BCUT2D eigenvalue weighted by Gasteiger charge is 2.24. The van der Waals surface area contributed by atoms with Crippen molar-refractivity contribution in [3.05, 3.63) is 194 Å². The van der Waals surface area contributed by atoms with E-state index in [-0.39, 0.29) is 0 Å². The van der Waals surface area contributed by atoms with E-state index in [2.05, 4.69) is 150 Å². The second-order valence-corrected chi connectivity index (χ2v) is 14.7. The van der Waals surface area contributed by atoms with Crippen LogP contribution in [0.5, 0.6) is 0 Å². The SMILES string of the molecule is c1ccc(-c2nc(-c3ccccc3)nc(-c3cc4c5ccccc5oc4c4cccc(-n5c6ccccc6c6cc(-c7ccccc7)c7ccccc7c65)c34)n2)cc1. The van der Waals surface area contributed by atoms with Crippen LogP contribution in [-0.4, -0.2) is 19.5 Å².